The maximum absolute atomic E-state index is 12.4. The van der Waals surface area contributed by atoms with E-state index in [-0.39, 0.29) is 5.91 Å². The molecule has 0 saturated carbocycles. The first-order chi connectivity index (χ1) is 12.5. The molecular formula is C19H26N4O3. The molecule has 0 aliphatic carbocycles. The molecule has 7 nitrogen and oxygen atoms in total. The lowest BCUT2D eigenvalue weighted by Crippen LogP contribution is -2.44. The minimum Gasteiger partial charge on any atom is -0.392 e. The maximum Gasteiger partial charge on any atom is 0.237 e. The first kappa shape index (κ1) is 18.6. The third-order valence-electron chi connectivity index (χ3n) is 4.79. The van der Waals surface area contributed by atoms with Crippen LogP contribution in [0.15, 0.2) is 36.5 Å². The molecule has 0 radical (unpaired) electrons. The number of β-amino-alcohol motifs (C(OH)–C–C–N with tert-alkyl or cyclic N) is 1. The van der Waals surface area contributed by atoms with Gasteiger partial charge in [0, 0.05) is 19.3 Å². The summed E-state index contributed by atoms with van der Waals surface area (Å²) in [6.45, 7) is 4.90. The number of carbonyl (C=O) groups excluding carboxylic acids is 1. The van der Waals surface area contributed by atoms with Crippen molar-refractivity contribution in [2.24, 2.45) is 0 Å². The van der Waals surface area contributed by atoms with Gasteiger partial charge < -0.3 is 20.8 Å². The molecule has 0 spiro atoms. The van der Waals surface area contributed by atoms with Crippen LogP contribution in [0, 0.1) is 0 Å². The van der Waals surface area contributed by atoms with E-state index in [0.29, 0.717) is 13.0 Å². The van der Waals surface area contributed by atoms with E-state index in [1.165, 1.54) is 0 Å². The number of benzene rings is 1. The number of aryl methyl sites for hydroxylation is 1. The zero-order chi connectivity index (χ0) is 18.7. The predicted octanol–water partition coefficient (Wildman–Crippen LogP) is 0.831. The van der Waals surface area contributed by atoms with Crippen molar-refractivity contribution in [3.05, 3.63) is 42.1 Å². The highest BCUT2D eigenvalue weighted by Gasteiger charge is 2.30. The highest BCUT2D eigenvalue weighted by Crippen LogP contribution is 2.24. The second-order valence-electron chi connectivity index (χ2n) is 6.73. The van der Waals surface area contributed by atoms with Gasteiger partial charge in [-0.1, -0.05) is 24.3 Å². The molecule has 2 aromatic rings. The van der Waals surface area contributed by atoms with Crippen molar-refractivity contribution < 1.29 is 15.0 Å². The number of hydrogen-bond donors (Lipinski definition) is 4. The third-order valence-corrected chi connectivity index (χ3v) is 4.79. The number of carbonyl (C=O) groups is 1. The molecule has 1 aliphatic rings. The summed E-state index contributed by atoms with van der Waals surface area (Å²) >= 11 is 0. The zero-order valence-corrected chi connectivity index (χ0v) is 15.1. The van der Waals surface area contributed by atoms with Crippen molar-refractivity contribution in [1.82, 2.24) is 20.4 Å². The van der Waals surface area contributed by atoms with E-state index in [1.807, 2.05) is 41.9 Å². The van der Waals surface area contributed by atoms with Crippen molar-refractivity contribution >= 4 is 5.91 Å². The lowest BCUT2D eigenvalue weighted by Gasteiger charge is -2.24. The molecule has 1 amide bonds. The van der Waals surface area contributed by atoms with Gasteiger partial charge in [0.25, 0.3) is 0 Å². The third kappa shape index (κ3) is 3.95. The summed E-state index contributed by atoms with van der Waals surface area (Å²) in [7, 11) is 0. The molecular weight excluding hydrogens is 332 g/mol. The molecule has 140 valence electrons. The molecule has 3 rings (SSSR count). The van der Waals surface area contributed by atoms with Crippen LogP contribution in [0.4, 0.5) is 0 Å². The smallest absolute Gasteiger partial charge is 0.237 e. The van der Waals surface area contributed by atoms with Crippen molar-refractivity contribution in [2.45, 2.75) is 51.1 Å². The molecule has 7 heteroatoms. The van der Waals surface area contributed by atoms with Gasteiger partial charge in [0.2, 0.25) is 5.91 Å². The second-order valence-corrected chi connectivity index (χ2v) is 6.73. The number of nitrogens with one attached hydrogen (secondary N) is 2. The van der Waals surface area contributed by atoms with Crippen LogP contribution in [0.2, 0.25) is 0 Å². The summed E-state index contributed by atoms with van der Waals surface area (Å²) < 4.78 is 1.92. The zero-order valence-electron chi connectivity index (χ0n) is 15.1. The maximum atomic E-state index is 12.4. The van der Waals surface area contributed by atoms with Crippen molar-refractivity contribution in [2.75, 3.05) is 6.54 Å². The molecule has 1 aliphatic heterocycles. The minimum absolute atomic E-state index is 0.208. The van der Waals surface area contributed by atoms with Crippen LogP contribution in [0.25, 0.3) is 11.3 Å². The molecule has 4 atom stereocenters. The Labute approximate surface area is 153 Å². The summed E-state index contributed by atoms with van der Waals surface area (Å²) in [4.78, 5) is 12.4. The average molecular weight is 358 g/mol. The topological polar surface area (TPSA) is 99.4 Å². The van der Waals surface area contributed by atoms with E-state index < -0.39 is 24.3 Å². The first-order valence-corrected chi connectivity index (χ1v) is 9.01. The number of rotatable bonds is 6. The van der Waals surface area contributed by atoms with Crippen molar-refractivity contribution in [3.8, 4) is 11.3 Å². The number of aliphatic hydroxyl groups is 2. The fraction of sp³-hybridized carbons (Fsp3) is 0.474. The van der Waals surface area contributed by atoms with Gasteiger partial charge in [0.05, 0.1) is 30.0 Å². The lowest BCUT2D eigenvalue weighted by molar-refractivity contribution is -0.124. The van der Waals surface area contributed by atoms with Crippen molar-refractivity contribution in [3.63, 3.8) is 0 Å². The Balaban J connectivity index is 1.75. The minimum atomic E-state index is -0.739. The Bertz CT molecular complexity index is 741. The monoisotopic (exact) mass is 358 g/mol. The van der Waals surface area contributed by atoms with Crippen LogP contribution >= 0.6 is 0 Å². The first-order valence-electron chi connectivity index (χ1n) is 9.01. The van der Waals surface area contributed by atoms with Gasteiger partial charge in [-0.3, -0.25) is 9.48 Å². The molecule has 26 heavy (non-hydrogen) atoms. The van der Waals surface area contributed by atoms with E-state index in [0.717, 1.165) is 23.4 Å². The number of hydrogen-bond acceptors (Lipinski definition) is 5. The summed E-state index contributed by atoms with van der Waals surface area (Å²) in [6, 6.07) is 8.80. The second kappa shape index (κ2) is 7.99. The molecule has 2 unspecified atom stereocenters. The summed E-state index contributed by atoms with van der Waals surface area (Å²) in [5, 5.41) is 29.9. The van der Waals surface area contributed by atoms with E-state index in [4.69, 9.17) is 0 Å². The van der Waals surface area contributed by atoms with Gasteiger partial charge in [0.15, 0.2) is 0 Å². The van der Waals surface area contributed by atoms with Crippen LogP contribution in [0.5, 0.6) is 0 Å². The van der Waals surface area contributed by atoms with Gasteiger partial charge in [-0.15, -0.1) is 0 Å². The Kier molecular flexibility index (Phi) is 5.70. The van der Waals surface area contributed by atoms with Crippen LogP contribution in [0.1, 0.15) is 31.9 Å². The Morgan fingerprint density at radius 2 is 2.12 bits per heavy atom. The Hall–Kier alpha value is -2.22. The SMILES string of the molecule is CCn1nccc1-c1ccc([C@@H](NC(=O)C2CC(O)CN2)[C@H](C)O)cc1. The van der Waals surface area contributed by atoms with Gasteiger partial charge in [-0.05, 0) is 37.5 Å². The molecule has 1 saturated heterocycles. The van der Waals surface area contributed by atoms with Gasteiger partial charge >= 0.3 is 0 Å². The van der Waals surface area contributed by atoms with Crippen LogP contribution < -0.4 is 10.6 Å². The number of nitrogens with zero attached hydrogens (tertiary/aromatic N) is 2. The van der Waals surface area contributed by atoms with Crippen LogP contribution in [-0.4, -0.2) is 50.7 Å². The quantitative estimate of drug-likeness (QED) is 0.613. The number of aromatic nitrogens is 2. The summed E-state index contributed by atoms with van der Waals surface area (Å²) in [5.74, 6) is -0.208. The molecule has 1 aromatic carbocycles. The molecule has 1 fully saturated rings. The molecule has 4 N–H and O–H groups in total. The van der Waals surface area contributed by atoms with Crippen molar-refractivity contribution in [1.29, 1.82) is 0 Å². The predicted molar refractivity (Wildman–Crippen MR) is 98.3 cm³/mol. The fourth-order valence-electron chi connectivity index (χ4n) is 3.34. The van der Waals surface area contributed by atoms with Gasteiger partial charge in [0.1, 0.15) is 0 Å². The number of aliphatic hydroxyl groups excluding tert-OH is 2. The van der Waals surface area contributed by atoms with E-state index >= 15 is 0 Å². The van der Waals surface area contributed by atoms with E-state index in [1.54, 1.807) is 13.1 Å². The van der Waals surface area contributed by atoms with E-state index in [9.17, 15) is 15.0 Å². The Morgan fingerprint density at radius 1 is 1.38 bits per heavy atom. The van der Waals surface area contributed by atoms with Crippen LogP contribution in [0.3, 0.4) is 0 Å². The summed E-state index contributed by atoms with van der Waals surface area (Å²) in [5.41, 5.74) is 2.89. The number of amides is 1. The molecule has 1 aromatic heterocycles. The summed E-state index contributed by atoms with van der Waals surface area (Å²) in [6.07, 6.45) is 0.920. The highest BCUT2D eigenvalue weighted by molar-refractivity contribution is 5.82. The average Bonchev–Trinajstić information content (AvgIpc) is 3.28. The molecule has 0 bridgehead atoms. The lowest BCUT2D eigenvalue weighted by atomic mass is 9.99. The van der Waals surface area contributed by atoms with E-state index in [2.05, 4.69) is 15.7 Å². The normalized spacial score (nSPS) is 22.2. The standard InChI is InChI=1S/C19H26N4O3/c1-3-23-17(8-9-21-23)13-4-6-14(7-5-13)18(12(2)24)22-19(26)16-10-15(25)11-20-16/h4-9,12,15-16,18,20,24-25H,3,10-11H2,1-2H3,(H,22,26)/t12-,15?,16?,18-/m0/s1. The van der Waals surface area contributed by atoms with Crippen LogP contribution in [-0.2, 0) is 11.3 Å². The van der Waals surface area contributed by atoms with Gasteiger partial charge in [-0.25, -0.2) is 0 Å². The highest BCUT2D eigenvalue weighted by atomic mass is 16.3. The van der Waals surface area contributed by atoms with Gasteiger partial charge in [-0.2, -0.15) is 5.10 Å². The molecule has 2 heterocycles. The fourth-order valence-corrected chi connectivity index (χ4v) is 3.34. The largest absolute Gasteiger partial charge is 0.392 e. The Morgan fingerprint density at radius 3 is 2.69 bits per heavy atom.